The van der Waals surface area contributed by atoms with Crippen molar-refractivity contribution < 1.29 is 13.9 Å². The van der Waals surface area contributed by atoms with Crippen LogP contribution in [0.5, 0.6) is 0 Å². The zero-order valence-electron chi connectivity index (χ0n) is 19.5. The number of carbonyl (C=O) groups is 1. The number of nitrogens with two attached hydrogens (primary N) is 1. The van der Waals surface area contributed by atoms with Crippen LogP contribution < -0.4 is 10.6 Å². The molecule has 1 atom stereocenters. The number of anilines is 2. The molecule has 0 saturated carbocycles. The van der Waals surface area contributed by atoms with E-state index in [9.17, 15) is 9.18 Å². The van der Waals surface area contributed by atoms with Gasteiger partial charge in [0.2, 0.25) is 5.95 Å². The zero-order valence-corrected chi connectivity index (χ0v) is 19.5. The van der Waals surface area contributed by atoms with Crippen LogP contribution in [0.4, 0.5) is 16.2 Å². The van der Waals surface area contributed by atoms with Gasteiger partial charge in [0.15, 0.2) is 5.65 Å². The molecule has 0 aliphatic carbocycles. The SMILES string of the molecule is CCOC(=O)[C@@H]1CCCN(c2nc(-c3cccc(F)c3)c3c(N)n(Cc4ccccc4)nc3n2)C1. The smallest absolute Gasteiger partial charge is 0.310 e. The van der Waals surface area contributed by atoms with E-state index in [-0.39, 0.29) is 17.7 Å². The Kier molecular flexibility index (Phi) is 6.31. The molecule has 0 spiro atoms. The summed E-state index contributed by atoms with van der Waals surface area (Å²) in [6, 6.07) is 16.1. The molecule has 1 aliphatic rings. The molecule has 4 aromatic rings. The highest BCUT2D eigenvalue weighted by Gasteiger charge is 2.29. The average Bonchev–Trinajstić information content (AvgIpc) is 3.19. The van der Waals surface area contributed by atoms with Crippen molar-refractivity contribution in [2.75, 3.05) is 30.3 Å². The molecule has 0 unspecified atom stereocenters. The Bertz CT molecular complexity index is 1360. The molecule has 180 valence electrons. The second-order valence-corrected chi connectivity index (χ2v) is 8.65. The first-order valence-electron chi connectivity index (χ1n) is 11.8. The first-order valence-corrected chi connectivity index (χ1v) is 11.8. The summed E-state index contributed by atoms with van der Waals surface area (Å²) in [6.07, 6.45) is 1.57. The number of aromatic nitrogens is 4. The summed E-state index contributed by atoms with van der Waals surface area (Å²) >= 11 is 0. The largest absolute Gasteiger partial charge is 0.466 e. The fourth-order valence-electron chi connectivity index (χ4n) is 4.52. The van der Waals surface area contributed by atoms with Crippen LogP contribution in [0.2, 0.25) is 0 Å². The number of benzene rings is 2. The summed E-state index contributed by atoms with van der Waals surface area (Å²) in [4.78, 5) is 23.9. The summed E-state index contributed by atoms with van der Waals surface area (Å²) in [5.74, 6) is 0.0283. The molecule has 0 bridgehead atoms. The number of nitrogen functional groups attached to an aromatic ring is 1. The highest BCUT2D eigenvalue weighted by molar-refractivity contribution is 5.99. The van der Waals surface area contributed by atoms with Crippen LogP contribution in [-0.4, -0.2) is 45.4 Å². The van der Waals surface area contributed by atoms with Crippen molar-refractivity contribution in [1.29, 1.82) is 0 Å². The maximum Gasteiger partial charge on any atom is 0.310 e. The predicted octanol–water partition coefficient (Wildman–Crippen LogP) is 4.04. The highest BCUT2D eigenvalue weighted by atomic mass is 19.1. The number of fused-ring (bicyclic) bond motifs is 1. The van der Waals surface area contributed by atoms with E-state index >= 15 is 0 Å². The zero-order chi connectivity index (χ0) is 24.4. The molecule has 0 amide bonds. The van der Waals surface area contributed by atoms with E-state index in [0.717, 1.165) is 18.4 Å². The summed E-state index contributed by atoms with van der Waals surface area (Å²) in [6.45, 7) is 3.77. The molecule has 1 fully saturated rings. The lowest BCUT2D eigenvalue weighted by atomic mass is 9.98. The Morgan fingerprint density at radius 2 is 2.00 bits per heavy atom. The Morgan fingerprint density at radius 3 is 2.77 bits per heavy atom. The lowest BCUT2D eigenvalue weighted by Crippen LogP contribution is -2.40. The molecular formula is C26H27FN6O2. The quantitative estimate of drug-likeness (QED) is 0.421. The molecule has 9 heteroatoms. The third kappa shape index (κ3) is 4.66. The summed E-state index contributed by atoms with van der Waals surface area (Å²) in [7, 11) is 0. The number of esters is 1. The summed E-state index contributed by atoms with van der Waals surface area (Å²) < 4.78 is 21.1. The van der Waals surface area contributed by atoms with Gasteiger partial charge in [-0.05, 0) is 37.5 Å². The van der Waals surface area contributed by atoms with Crippen molar-refractivity contribution in [1.82, 2.24) is 19.7 Å². The number of hydrogen-bond acceptors (Lipinski definition) is 7. The molecular weight excluding hydrogens is 447 g/mol. The van der Waals surface area contributed by atoms with Crippen molar-refractivity contribution >= 4 is 28.8 Å². The molecule has 1 saturated heterocycles. The number of hydrogen-bond donors (Lipinski definition) is 1. The highest BCUT2D eigenvalue weighted by Crippen LogP contribution is 2.33. The van der Waals surface area contributed by atoms with Gasteiger partial charge in [-0.2, -0.15) is 4.98 Å². The first-order chi connectivity index (χ1) is 17.0. The molecule has 5 rings (SSSR count). The molecule has 3 heterocycles. The number of rotatable bonds is 6. The van der Waals surface area contributed by atoms with Gasteiger partial charge < -0.3 is 15.4 Å². The third-order valence-corrected chi connectivity index (χ3v) is 6.23. The van der Waals surface area contributed by atoms with Gasteiger partial charge in [0.05, 0.1) is 30.1 Å². The monoisotopic (exact) mass is 474 g/mol. The number of ether oxygens (including phenoxy) is 1. The molecule has 0 radical (unpaired) electrons. The maximum absolute atomic E-state index is 14.2. The number of piperidine rings is 1. The van der Waals surface area contributed by atoms with E-state index in [2.05, 4.69) is 5.10 Å². The van der Waals surface area contributed by atoms with Gasteiger partial charge in [-0.1, -0.05) is 42.5 Å². The van der Waals surface area contributed by atoms with Gasteiger partial charge in [-0.15, -0.1) is 5.10 Å². The number of nitrogens with zero attached hydrogens (tertiary/aromatic N) is 5. The molecule has 2 aromatic heterocycles. The molecule has 2 aromatic carbocycles. The average molecular weight is 475 g/mol. The van der Waals surface area contributed by atoms with Crippen LogP contribution in [0.25, 0.3) is 22.3 Å². The minimum Gasteiger partial charge on any atom is -0.466 e. The van der Waals surface area contributed by atoms with E-state index in [1.54, 1.807) is 23.7 Å². The third-order valence-electron chi connectivity index (χ3n) is 6.23. The molecule has 8 nitrogen and oxygen atoms in total. The lowest BCUT2D eigenvalue weighted by Gasteiger charge is -2.31. The topological polar surface area (TPSA) is 99.2 Å². The minimum atomic E-state index is -0.369. The number of halogens is 1. The van der Waals surface area contributed by atoms with Gasteiger partial charge in [-0.25, -0.2) is 14.1 Å². The van der Waals surface area contributed by atoms with Crippen LogP contribution in [-0.2, 0) is 16.1 Å². The van der Waals surface area contributed by atoms with Crippen molar-refractivity contribution in [2.45, 2.75) is 26.3 Å². The molecule has 1 aliphatic heterocycles. The van der Waals surface area contributed by atoms with E-state index in [0.29, 0.717) is 60.3 Å². The fourth-order valence-corrected chi connectivity index (χ4v) is 4.52. The Balaban J connectivity index is 1.60. The Morgan fingerprint density at radius 1 is 1.17 bits per heavy atom. The summed E-state index contributed by atoms with van der Waals surface area (Å²) in [5.41, 5.74) is 9.11. The van der Waals surface area contributed by atoms with Crippen LogP contribution in [0.15, 0.2) is 54.6 Å². The van der Waals surface area contributed by atoms with Crippen LogP contribution in [0.1, 0.15) is 25.3 Å². The van der Waals surface area contributed by atoms with Crippen LogP contribution in [0, 0.1) is 11.7 Å². The van der Waals surface area contributed by atoms with E-state index in [4.69, 9.17) is 20.4 Å². The van der Waals surface area contributed by atoms with Crippen molar-refractivity contribution in [2.24, 2.45) is 5.92 Å². The van der Waals surface area contributed by atoms with Crippen molar-refractivity contribution in [3.8, 4) is 11.3 Å². The maximum atomic E-state index is 14.2. The van der Waals surface area contributed by atoms with Crippen LogP contribution >= 0.6 is 0 Å². The second kappa shape index (κ2) is 9.69. The van der Waals surface area contributed by atoms with Gasteiger partial charge in [0.25, 0.3) is 0 Å². The van der Waals surface area contributed by atoms with Crippen molar-refractivity contribution in [3.05, 3.63) is 66.0 Å². The summed E-state index contributed by atoms with van der Waals surface area (Å²) in [5, 5.41) is 5.26. The predicted molar refractivity (Wildman–Crippen MR) is 132 cm³/mol. The van der Waals surface area contributed by atoms with Crippen LogP contribution in [0.3, 0.4) is 0 Å². The fraction of sp³-hybridized carbons (Fsp3) is 0.308. The lowest BCUT2D eigenvalue weighted by molar-refractivity contribution is -0.148. The first kappa shape index (κ1) is 22.8. The second-order valence-electron chi connectivity index (χ2n) is 8.65. The van der Waals surface area contributed by atoms with Gasteiger partial charge in [-0.3, -0.25) is 4.79 Å². The minimum absolute atomic E-state index is 0.208. The van der Waals surface area contributed by atoms with E-state index in [1.165, 1.54) is 12.1 Å². The van der Waals surface area contributed by atoms with Gasteiger partial charge >= 0.3 is 5.97 Å². The normalized spacial score (nSPS) is 15.9. The number of carbonyl (C=O) groups excluding carboxylic acids is 1. The van der Waals surface area contributed by atoms with E-state index in [1.807, 2.05) is 35.2 Å². The van der Waals surface area contributed by atoms with E-state index < -0.39 is 0 Å². The molecule has 35 heavy (non-hydrogen) atoms. The van der Waals surface area contributed by atoms with Gasteiger partial charge in [0.1, 0.15) is 11.6 Å². The van der Waals surface area contributed by atoms with Gasteiger partial charge in [0, 0.05) is 18.7 Å². The molecule has 2 N–H and O–H groups in total. The van der Waals surface area contributed by atoms with Crippen molar-refractivity contribution in [3.63, 3.8) is 0 Å². The standard InChI is InChI=1S/C26H27FN6O2/c1-2-35-25(34)19-11-7-13-32(16-19)26-29-22(18-10-6-12-20(27)14-18)21-23(28)33(31-24(21)30-26)15-17-8-4-3-5-9-17/h3-6,8-10,12,14,19H,2,7,11,13,15-16,28H2,1H3/t19-/m1/s1. The Labute approximate surface area is 202 Å². The Hall–Kier alpha value is -4.01.